The van der Waals surface area contributed by atoms with E-state index in [0.717, 1.165) is 18.1 Å². The molecule has 0 atom stereocenters. The summed E-state index contributed by atoms with van der Waals surface area (Å²) in [5, 5.41) is 12.8. The van der Waals surface area contributed by atoms with Crippen LogP contribution >= 0.6 is 11.3 Å². The summed E-state index contributed by atoms with van der Waals surface area (Å²) in [6.45, 7) is 5.90. The van der Waals surface area contributed by atoms with Gasteiger partial charge in [-0.1, -0.05) is 0 Å². The maximum atomic E-state index is 9.88. The van der Waals surface area contributed by atoms with Crippen LogP contribution in [0.1, 0.15) is 43.3 Å². The minimum Gasteiger partial charge on any atom is -0.383 e. The van der Waals surface area contributed by atoms with Crippen molar-refractivity contribution in [1.29, 1.82) is 0 Å². The van der Waals surface area contributed by atoms with Gasteiger partial charge in [0.05, 0.1) is 5.69 Å². The first-order valence-electron chi connectivity index (χ1n) is 5.83. The SMILES string of the molecule is CN1CCC(c2csc(C(C)(C)O)n2)CC1. The fourth-order valence-electron chi connectivity index (χ4n) is 2.06. The van der Waals surface area contributed by atoms with Gasteiger partial charge in [-0.25, -0.2) is 4.98 Å². The molecule has 1 aromatic heterocycles. The second kappa shape index (κ2) is 4.43. The fraction of sp³-hybridized carbons (Fsp3) is 0.750. The molecule has 1 aliphatic rings. The summed E-state index contributed by atoms with van der Waals surface area (Å²) in [5.41, 5.74) is 0.379. The van der Waals surface area contributed by atoms with E-state index in [9.17, 15) is 5.11 Å². The Morgan fingerprint density at radius 3 is 2.56 bits per heavy atom. The van der Waals surface area contributed by atoms with Crippen molar-refractivity contribution in [3.05, 3.63) is 16.1 Å². The molecule has 0 saturated carbocycles. The Bertz CT molecular complexity index is 348. The highest BCUT2D eigenvalue weighted by Gasteiger charge is 2.24. The molecule has 0 amide bonds. The summed E-state index contributed by atoms with van der Waals surface area (Å²) in [6, 6.07) is 0. The molecule has 1 saturated heterocycles. The summed E-state index contributed by atoms with van der Waals surface area (Å²) in [4.78, 5) is 6.94. The quantitative estimate of drug-likeness (QED) is 0.861. The van der Waals surface area contributed by atoms with Crippen LogP contribution in [0.15, 0.2) is 5.38 Å². The highest BCUT2D eigenvalue weighted by Crippen LogP contribution is 2.31. The third-order valence-electron chi connectivity index (χ3n) is 3.18. The Kier molecular flexibility index (Phi) is 3.33. The Morgan fingerprint density at radius 2 is 2.06 bits per heavy atom. The second-order valence-electron chi connectivity index (χ2n) is 5.21. The number of aliphatic hydroxyl groups is 1. The lowest BCUT2D eigenvalue weighted by molar-refractivity contribution is 0.0780. The monoisotopic (exact) mass is 240 g/mol. The molecule has 2 heterocycles. The van der Waals surface area contributed by atoms with Crippen LogP contribution in [0.3, 0.4) is 0 Å². The molecule has 90 valence electrons. The van der Waals surface area contributed by atoms with Crippen LogP contribution in [0.25, 0.3) is 0 Å². The number of piperidine rings is 1. The lowest BCUT2D eigenvalue weighted by Crippen LogP contribution is -2.29. The van der Waals surface area contributed by atoms with Gasteiger partial charge >= 0.3 is 0 Å². The Hall–Kier alpha value is -0.450. The lowest BCUT2D eigenvalue weighted by Gasteiger charge is -2.27. The van der Waals surface area contributed by atoms with Gasteiger partial charge in [-0.3, -0.25) is 0 Å². The summed E-state index contributed by atoms with van der Waals surface area (Å²) in [7, 11) is 2.17. The second-order valence-corrected chi connectivity index (χ2v) is 6.07. The van der Waals surface area contributed by atoms with E-state index in [2.05, 4.69) is 22.3 Å². The molecule has 0 unspecified atom stereocenters. The molecular weight excluding hydrogens is 220 g/mol. The van der Waals surface area contributed by atoms with Crippen molar-refractivity contribution in [2.75, 3.05) is 20.1 Å². The van der Waals surface area contributed by atoms with Crippen LogP contribution < -0.4 is 0 Å². The molecular formula is C12H20N2OS. The first-order chi connectivity index (χ1) is 7.47. The van der Waals surface area contributed by atoms with Crippen molar-refractivity contribution in [3.63, 3.8) is 0 Å². The van der Waals surface area contributed by atoms with Crippen molar-refractivity contribution in [2.24, 2.45) is 0 Å². The van der Waals surface area contributed by atoms with E-state index in [1.807, 2.05) is 0 Å². The van der Waals surface area contributed by atoms with E-state index in [1.54, 1.807) is 25.2 Å². The number of thiazole rings is 1. The predicted molar refractivity (Wildman–Crippen MR) is 66.8 cm³/mol. The standard InChI is InChI=1S/C12H20N2OS/c1-12(2,15)11-13-10(8-16-11)9-4-6-14(3)7-5-9/h8-9,15H,4-7H2,1-3H3. The molecule has 0 aromatic carbocycles. The van der Waals surface area contributed by atoms with Gasteiger partial charge in [0, 0.05) is 11.3 Å². The predicted octanol–water partition coefficient (Wildman–Crippen LogP) is 2.18. The average molecular weight is 240 g/mol. The molecule has 1 aliphatic heterocycles. The maximum Gasteiger partial charge on any atom is 0.124 e. The van der Waals surface area contributed by atoms with Crippen LogP contribution in [0, 0.1) is 0 Å². The number of aromatic nitrogens is 1. The van der Waals surface area contributed by atoms with Crippen molar-refractivity contribution < 1.29 is 5.11 Å². The van der Waals surface area contributed by atoms with Gasteiger partial charge in [0.1, 0.15) is 10.6 Å². The summed E-state index contributed by atoms with van der Waals surface area (Å²) < 4.78 is 0. The Labute approximate surface area is 101 Å². The van der Waals surface area contributed by atoms with E-state index < -0.39 is 5.60 Å². The number of hydrogen-bond donors (Lipinski definition) is 1. The average Bonchev–Trinajstić information content (AvgIpc) is 2.67. The topological polar surface area (TPSA) is 36.4 Å². The summed E-state index contributed by atoms with van der Waals surface area (Å²) >= 11 is 1.58. The number of nitrogens with zero attached hydrogens (tertiary/aromatic N) is 2. The first-order valence-corrected chi connectivity index (χ1v) is 6.71. The molecule has 0 bridgehead atoms. The molecule has 16 heavy (non-hydrogen) atoms. The molecule has 3 nitrogen and oxygen atoms in total. The largest absolute Gasteiger partial charge is 0.383 e. The number of rotatable bonds is 2. The van der Waals surface area contributed by atoms with Crippen LogP contribution in [0.5, 0.6) is 0 Å². The normalized spacial score (nSPS) is 20.2. The van der Waals surface area contributed by atoms with Crippen LogP contribution in [0.4, 0.5) is 0 Å². The minimum atomic E-state index is -0.797. The minimum absolute atomic E-state index is 0.587. The first kappa shape index (κ1) is 12.0. The zero-order valence-electron chi connectivity index (χ0n) is 10.2. The third-order valence-corrected chi connectivity index (χ3v) is 4.36. The van der Waals surface area contributed by atoms with E-state index in [0.29, 0.717) is 5.92 Å². The van der Waals surface area contributed by atoms with Crippen LogP contribution in [0.2, 0.25) is 0 Å². The van der Waals surface area contributed by atoms with Gasteiger partial charge < -0.3 is 10.0 Å². The Morgan fingerprint density at radius 1 is 1.44 bits per heavy atom. The number of likely N-dealkylation sites (tertiary alicyclic amines) is 1. The van der Waals surface area contributed by atoms with Gasteiger partial charge in [-0.05, 0) is 46.8 Å². The highest BCUT2D eigenvalue weighted by atomic mass is 32.1. The van der Waals surface area contributed by atoms with Crippen molar-refractivity contribution >= 4 is 11.3 Å². The maximum absolute atomic E-state index is 9.88. The van der Waals surface area contributed by atoms with Gasteiger partial charge in [0.15, 0.2) is 0 Å². The molecule has 1 N–H and O–H groups in total. The van der Waals surface area contributed by atoms with Gasteiger partial charge in [0.2, 0.25) is 0 Å². The molecule has 4 heteroatoms. The third kappa shape index (κ3) is 2.62. The van der Waals surface area contributed by atoms with E-state index in [-0.39, 0.29) is 0 Å². The smallest absolute Gasteiger partial charge is 0.124 e. The summed E-state index contributed by atoms with van der Waals surface area (Å²) in [6.07, 6.45) is 2.37. The molecule has 0 aliphatic carbocycles. The van der Waals surface area contributed by atoms with Crippen LogP contribution in [-0.4, -0.2) is 35.1 Å². The van der Waals surface area contributed by atoms with Crippen molar-refractivity contribution in [1.82, 2.24) is 9.88 Å². The fourth-order valence-corrected chi connectivity index (χ4v) is 2.98. The van der Waals surface area contributed by atoms with Crippen molar-refractivity contribution in [3.8, 4) is 0 Å². The molecule has 1 fully saturated rings. The van der Waals surface area contributed by atoms with Crippen molar-refractivity contribution in [2.45, 2.75) is 38.2 Å². The lowest BCUT2D eigenvalue weighted by atomic mass is 9.94. The molecule has 0 radical (unpaired) electrons. The molecule has 1 aromatic rings. The van der Waals surface area contributed by atoms with Gasteiger partial charge in [-0.15, -0.1) is 11.3 Å². The molecule has 2 rings (SSSR count). The van der Waals surface area contributed by atoms with E-state index in [4.69, 9.17) is 0 Å². The highest BCUT2D eigenvalue weighted by molar-refractivity contribution is 7.09. The van der Waals surface area contributed by atoms with E-state index >= 15 is 0 Å². The zero-order chi connectivity index (χ0) is 11.8. The van der Waals surface area contributed by atoms with Gasteiger partial charge in [-0.2, -0.15) is 0 Å². The Balaban J connectivity index is 2.08. The van der Waals surface area contributed by atoms with Gasteiger partial charge in [0.25, 0.3) is 0 Å². The van der Waals surface area contributed by atoms with E-state index in [1.165, 1.54) is 18.5 Å². The van der Waals surface area contributed by atoms with Crippen LogP contribution in [-0.2, 0) is 5.60 Å². The number of hydrogen-bond acceptors (Lipinski definition) is 4. The molecule has 0 spiro atoms. The zero-order valence-corrected chi connectivity index (χ0v) is 11.0. The summed E-state index contributed by atoms with van der Waals surface area (Å²) in [5.74, 6) is 0.587.